The summed E-state index contributed by atoms with van der Waals surface area (Å²) < 4.78 is 2.07. The number of aromatic hydroxyl groups is 1. The van der Waals surface area contributed by atoms with Crippen LogP contribution < -0.4 is 0 Å². The van der Waals surface area contributed by atoms with Crippen LogP contribution in [0.3, 0.4) is 0 Å². The van der Waals surface area contributed by atoms with Crippen molar-refractivity contribution in [2.75, 3.05) is 0 Å². The molecule has 0 saturated heterocycles. The van der Waals surface area contributed by atoms with Crippen LogP contribution in [-0.4, -0.2) is 14.7 Å². The van der Waals surface area contributed by atoms with E-state index in [0.29, 0.717) is 12.3 Å². The standard InChI is InChI=1S/C17H16N2O/c20-16-9-5-4-8-15(16)13-19-11-10-18-17(19)12-14-6-2-1-3-7-14/h1-11,20H,12-13H2. The second-order valence-electron chi connectivity index (χ2n) is 4.76. The summed E-state index contributed by atoms with van der Waals surface area (Å²) >= 11 is 0. The second-order valence-corrected chi connectivity index (χ2v) is 4.76. The Balaban J connectivity index is 1.82. The Hall–Kier alpha value is -2.55. The smallest absolute Gasteiger partial charge is 0.120 e. The van der Waals surface area contributed by atoms with Crippen LogP contribution in [0.4, 0.5) is 0 Å². The van der Waals surface area contributed by atoms with Gasteiger partial charge in [0.1, 0.15) is 11.6 Å². The van der Waals surface area contributed by atoms with Crippen molar-refractivity contribution >= 4 is 0 Å². The molecule has 1 heterocycles. The van der Waals surface area contributed by atoms with Gasteiger partial charge >= 0.3 is 0 Å². The fraction of sp³-hybridized carbons (Fsp3) is 0.118. The molecule has 3 heteroatoms. The number of imidazole rings is 1. The lowest BCUT2D eigenvalue weighted by molar-refractivity contribution is 0.465. The molecule has 0 fully saturated rings. The molecule has 0 aliphatic rings. The number of phenolic OH excluding ortho intramolecular Hbond substituents is 1. The summed E-state index contributed by atoms with van der Waals surface area (Å²) in [5.74, 6) is 1.33. The molecule has 0 amide bonds. The zero-order valence-electron chi connectivity index (χ0n) is 11.1. The second kappa shape index (κ2) is 5.61. The van der Waals surface area contributed by atoms with E-state index in [1.165, 1.54) is 5.56 Å². The molecule has 3 rings (SSSR count). The predicted molar refractivity (Wildman–Crippen MR) is 78.7 cm³/mol. The van der Waals surface area contributed by atoms with E-state index < -0.39 is 0 Å². The summed E-state index contributed by atoms with van der Waals surface area (Å²) in [5, 5.41) is 9.86. The number of benzene rings is 2. The first kappa shape index (κ1) is 12.5. The molecule has 0 unspecified atom stereocenters. The number of para-hydroxylation sites is 1. The lowest BCUT2D eigenvalue weighted by Crippen LogP contribution is -2.05. The Bertz CT molecular complexity index is 689. The Morgan fingerprint density at radius 3 is 2.50 bits per heavy atom. The molecule has 0 bridgehead atoms. The average Bonchev–Trinajstić information content (AvgIpc) is 2.90. The Morgan fingerprint density at radius 1 is 0.950 bits per heavy atom. The maximum absolute atomic E-state index is 9.86. The van der Waals surface area contributed by atoms with E-state index in [-0.39, 0.29) is 0 Å². The van der Waals surface area contributed by atoms with Crippen molar-refractivity contribution in [2.45, 2.75) is 13.0 Å². The van der Waals surface area contributed by atoms with Gasteiger partial charge in [0.2, 0.25) is 0 Å². The first-order chi connectivity index (χ1) is 9.83. The topological polar surface area (TPSA) is 38.0 Å². The van der Waals surface area contributed by atoms with Crippen LogP contribution in [0.5, 0.6) is 5.75 Å². The molecule has 0 aliphatic carbocycles. The van der Waals surface area contributed by atoms with Gasteiger partial charge in [0, 0.05) is 24.4 Å². The molecule has 0 atom stereocenters. The Labute approximate surface area is 118 Å². The van der Waals surface area contributed by atoms with Gasteiger partial charge in [-0.05, 0) is 11.6 Å². The molecular weight excluding hydrogens is 248 g/mol. The fourth-order valence-electron chi connectivity index (χ4n) is 2.26. The molecule has 2 aromatic carbocycles. The van der Waals surface area contributed by atoms with Crippen LogP contribution in [0.1, 0.15) is 17.0 Å². The molecule has 100 valence electrons. The third kappa shape index (κ3) is 2.72. The third-order valence-electron chi connectivity index (χ3n) is 3.34. The van der Waals surface area contributed by atoms with Crippen LogP contribution in [0.15, 0.2) is 67.0 Å². The third-order valence-corrected chi connectivity index (χ3v) is 3.34. The van der Waals surface area contributed by atoms with Gasteiger partial charge in [0.15, 0.2) is 0 Å². The monoisotopic (exact) mass is 264 g/mol. The van der Waals surface area contributed by atoms with Crippen molar-refractivity contribution < 1.29 is 5.11 Å². The number of rotatable bonds is 4. The normalized spacial score (nSPS) is 10.6. The predicted octanol–water partition coefficient (Wildman–Crippen LogP) is 3.23. The Kier molecular flexibility index (Phi) is 3.50. The van der Waals surface area contributed by atoms with E-state index in [0.717, 1.165) is 17.8 Å². The first-order valence-electron chi connectivity index (χ1n) is 6.64. The lowest BCUT2D eigenvalue weighted by atomic mass is 10.1. The highest BCUT2D eigenvalue weighted by molar-refractivity contribution is 5.32. The van der Waals surface area contributed by atoms with Gasteiger partial charge in [-0.2, -0.15) is 0 Å². The first-order valence-corrected chi connectivity index (χ1v) is 6.64. The van der Waals surface area contributed by atoms with E-state index in [1.807, 2.05) is 42.6 Å². The van der Waals surface area contributed by atoms with Crippen LogP contribution in [-0.2, 0) is 13.0 Å². The molecule has 3 nitrogen and oxygen atoms in total. The minimum absolute atomic E-state index is 0.326. The van der Waals surface area contributed by atoms with Gasteiger partial charge in [-0.25, -0.2) is 4.98 Å². The number of aromatic nitrogens is 2. The molecular formula is C17H16N2O. The maximum Gasteiger partial charge on any atom is 0.120 e. The summed E-state index contributed by atoms with van der Waals surface area (Å²) in [4.78, 5) is 4.42. The van der Waals surface area contributed by atoms with Gasteiger partial charge in [-0.1, -0.05) is 48.5 Å². The summed E-state index contributed by atoms with van der Waals surface area (Å²) in [5.41, 5.74) is 2.14. The summed E-state index contributed by atoms with van der Waals surface area (Å²) in [6.07, 6.45) is 4.55. The van der Waals surface area contributed by atoms with Gasteiger partial charge in [-0.15, -0.1) is 0 Å². The van der Waals surface area contributed by atoms with Crippen LogP contribution in [0, 0.1) is 0 Å². The van der Waals surface area contributed by atoms with Crippen molar-refractivity contribution in [3.63, 3.8) is 0 Å². The average molecular weight is 264 g/mol. The maximum atomic E-state index is 9.86. The van der Waals surface area contributed by atoms with Crippen LogP contribution in [0.2, 0.25) is 0 Å². The highest BCUT2D eigenvalue weighted by Gasteiger charge is 2.06. The highest BCUT2D eigenvalue weighted by Crippen LogP contribution is 2.18. The highest BCUT2D eigenvalue weighted by atomic mass is 16.3. The molecule has 0 aliphatic heterocycles. The molecule has 0 radical (unpaired) electrons. The largest absolute Gasteiger partial charge is 0.508 e. The van der Waals surface area contributed by atoms with Crippen LogP contribution in [0.25, 0.3) is 0 Å². The zero-order chi connectivity index (χ0) is 13.8. The van der Waals surface area contributed by atoms with Crippen molar-refractivity contribution in [3.05, 3.63) is 83.9 Å². The number of hydrogen-bond donors (Lipinski definition) is 1. The molecule has 0 spiro atoms. The van der Waals surface area contributed by atoms with E-state index in [2.05, 4.69) is 21.7 Å². The summed E-state index contributed by atoms with van der Waals surface area (Å²) in [7, 11) is 0. The zero-order valence-corrected chi connectivity index (χ0v) is 11.1. The molecule has 0 saturated carbocycles. The number of phenols is 1. The van der Waals surface area contributed by atoms with Crippen molar-refractivity contribution in [2.24, 2.45) is 0 Å². The van der Waals surface area contributed by atoms with Gasteiger partial charge in [0.25, 0.3) is 0 Å². The molecule has 3 aromatic rings. The fourth-order valence-corrected chi connectivity index (χ4v) is 2.26. The van der Waals surface area contributed by atoms with Crippen molar-refractivity contribution in [3.8, 4) is 5.75 Å². The van der Waals surface area contributed by atoms with E-state index in [1.54, 1.807) is 12.3 Å². The van der Waals surface area contributed by atoms with Gasteiger partial charge in [-0.3, -0.25) is 0 Å². The summed E-state index contributed by atoms with van der Waals surface area (Å²) in [6.45, 7) is 0.634. The minimum Gasteiger partial charge on any atom is -0.508 e. The van der Waals surface area contributed by atoms with E-state index in [9.17, 15) is 5.11 Å². The van der Waals surface area contributed by atoms with Crippen molar-refractivity contribution in [1.29, 1.82) is 0 Å². The van der Waals surface area contributed by atoms with Gasteiger partial charge in [0.05, 0.1) is 6.54 Å². The quantitative estimate of drug-likeness (QED) is 0.785. The van der Waals surface area contributed by atoms with Crippen LogP contribution >= 0.6 is 0 Å². The Morgan fingerprint density at radius 2 is 1.70 bits per heavy atom. The summed E-state index contributed by atoms with van der Waals surface area (Å²) in [6, 6.07) is 17.7. The molecule has 1 aromatic heterocycles. The molecule has 20 heavy (non-hydrogen) atoms. The minimum atomic E-state index is 0.326. The van der Waals surface area contributed by atoms with Crippen molar-refractivity contribution in [1.82, 2.24) is 9.55 Å². The van der Waals surface area contributed by atoms with E-state index in [4.69, 9.17) is 0 Å². The van der Waals surface area contributed by atoms with Gasteiger partial charge < -0.3 is 9.67 Å². The molecule has 1 N–H and O–H groups in total. The van der Waals surface area contributed by atoms with E-state index >= 15 is 0 Å². The lowest BCUT2D eigenvalue weighted by Gasteiger charge is -2.09. The number of nitrogens with zero attached hydrogens (tertiary/aromatic N) is 2. The SMILES string of the molecule is Oc1ccccc1Cn1ccnc1Cc1ccccc1. The number of hydrogen-bond acceptors (Lipinski definition) is 2.